The summed E-state index contributed by atoms with van der Waals surface area (Å²) in [4.78, 5) is 15.7. The van der Waals surface area contributed by atoms with Gasteiger partial charge in [0.1, 0.15) is 0 Å². The molecule has 0 aromatic carbocycles. The molecule has 0 atom stereocenters. The highest BCUT2D eigenvalue weighted by atomic mass is 16.5. The molecule has 2 rings (SSSR count). The molecule has 1 aromatic rings. The minimum atomic E-state index is 0.554. The molecule has 1 aliphatic heterocycles. The number of piperidine rings is 1. The standard InChI is InChI=1S/C15H29N7O2/c1-23-9-5-17-13-19-14(18-6-10-24-2)21-15(20-13)22-7-3-12(11-16)4-8-22/h12H,3-11,16H2,1-2H3,(H2,17,18,19,20,21). The molecule has 0 aliphatic carbocycles. The highest BCUT2D eigenvalue weighted by Crippen LogP contribution is 2.21. The first kappa shape index (κ1) is 18.6. The van der Waals surface area contributed by atoms with Crippen LogP contribution in [-0.4, -0.2) is 75.1 Å². The molecule has 0 spiro atoms. The molecule has 1 saturated heterocycles. The van der Waals surface area contributed by atoms with E-state index in [0.29, 0.717) is 50.1 Å². The number of hydrogen-bond donors (Lipinski definition) is 3. The number of anilines is 3. The summed E-state index contributed by atoms with van der Waals surface area (Å²) in [6.45, 7) is 5.06. The van der Waals surface area contributed by atoms with Crippen LogP contribution in [0.3, 0.4) is 0 Å². The average molecular weight is 339 g/mol. The Morgan fingerprint density at radius 2 is 1.54 bits per heavy atom. The van der Waals surface area contributed by atoms with E-state index in [2.05, 4.69) is 30.5 Å². The van der Waals surface area contributed by atoms with Crippen LogP contribution in [-0.2, 0) is 9.47 Å². The summed E-state index contributed by atoms with van der Waals surface area (Å²) in [5.74, 6) is 2.40. The zero-order chi connectivity index (χ0) is 17.2. The molecular formula is C15H29N7O2. The maximum absolute atomic E-state index is 5.77. The summed E-state index contributed by atoms with van der Waals surface area (Å²) in [7, 11) is 3.33. The van der Waals surface area contributed by atoms with Crippen LogP contribution in [0.4, 0.5) is 17.8 Å². The van der Waals surface area contributed by atoms with Gasteiger partial charge in [-0.05, 0) is 25.3 Å². The number of aromatic nitrogens is 3. The van der Waals surface area contributed by atoms with Gasteiger partial charge in [0.2, 0.25) is 17.8 Å². The molecule has 0 bridgehead atoms. The predicted octanol–water partition coefficient (Wildman–Crippen LogP) is 0.163. The van der Waals surface area contributed by atoms with Gasteiger partial charge in [-0.3, -0.25) is 0 Å². The summed E-state index contributed by atoms with van der Waals surface area (Å²) >= 11 is 0. The maximum atomic E-state index is 5.77. The first-order valence-corrected chi connectivity index (χ1v) is 8.43. The van der Waals surface area contributed by atoms with E-state index < -0.39 is 0 Å². The van der Waals surface area contributed by atoms with Crippen molar-refractivity contribution >= 4 is 17.8 Å². The van der Waals surface area contributed by atoms with Gasteiger partial charge in [0.15, 0.2) is 0 Å². The van der Waals surface area contributed by atoms with E-state index >= 15 is 0 Å². The molecule has 0 saturated carbocycles. The molecule has 0 radical (unpaired) electrons. The molecule has 0 amide bonds. The van der Waals surface area contributed by atoms with E-state index in [0.717, 1.165) is 32.5 Å². The van der Waals surface area contributed by atoms with Crippen LogP contribution in [0.1, 0.15) is 12.8 Å². The van der Waals surface area contributed by atoms with Gasteiger partial charge in [-0.25, -0.2) is 0 Å². The van der Waals surface area contributed by atoms with Crippen LogP contribution in [0.5, 0.6) is 0 Å². The Labute approximate surface area is 143 Å². The lowest BCUT2D eigenvalue weighted by Gasteiger charge is -2.31. The zero-order valence-electron chi connectivity index (χ0n) is 14.6. The van der Waals surface area contributed by atoms with Crippen molar-refractivity contribution in [1.29, 1.82) is 0 Å². The van der Waals surface area contributed by atoms with Crippen LogP contribution in [0.2, 0.25) is 0 Å². The van der Waals surface area contributed by atoms with Gasteiger partial charge in [-0.2, -0.15) is 15.0 Å². The van der Waals surface area contributed by atoms with Gasteiger partial charge in [-0.15, -0.1) is 0 Å². The van der Waals surface area contributed by atoms with Crippen molar-refractivity contribution in [3.05, 3.63) is 0 Å². The zero-order valence-corrected chi connectivity index (χ0v) is 14.6. The molecule has 24 heavy (non-hydrogen) atoms. The third-order valence-electron chi connectivity index (χ3n) is 4.03. The third-order valence-corrected chi connectivity index (χ3v) is 4.03. The lowest BCUT2D eigenvalue weighted by Crippen LogP contribution is -2.37. The monoisotopic (exact) mass is 339 g/mol. The fourth-order valence-corrected chi connectivity index (χ4v) is 2.56. The largest absolute Gasteiger partial charge is 0.383 e. The molecule has 1 fully saturated rings. The molecule has 0 unspecified atom stereocenters. The number of rotatable bonds is 10. The van der Waals surface area contributed by atoms with E-state index in [1.165, 1.54) is 0 Å². The smallest absolute Gasteiger partial charge is 0.231 e. The SMILES string of the molecule is COCCNc1nc(NCCOC)nc(N2CCC(CN)CC2)n1. The van der Waals surface area contributed by atoms with E-state index in [-0.39, 0.29) is 0 Å². The second-order valence-electron chi connectivity index (χ2n) is 5.79. The molecule has 9 heteroatoms. The van der Waals surface area contributed by atoms with Gasteiger partial charge >= 0.3 is 0 Å². The molecule has 9 nitrogen and oxygen atoms in total. The van der Waals surface area contributed by atoms with Gasteiger partial charge in [0, 0.05) is 40.4 Å². The van der Waals surface area contributed by atoms with E-state index in [1.54, 1.807) is 14.2 Å². The van der Waals surface area contributed by atoms with Crippen LogP contribution in [0.25, 0.3) is 0 Å². The molecule has 4 N–H and O–H groups in total. The fourth-order valence-electron chi connectivity index (χ4n) is 2.56. The van der Waals surface area contributed by atoms with Crippen molar-refractivity contribution in [3.63, 3.8) is 0 Å². The third kappa shape index (κ3) is 5.73. The summed E-state index contributed by atoms with van der Waals surface area (Å²) < 4.78 is 10.1. The molecule has 136 valence electrons. The number of nitrogens with two attached hydrogens (primary N) is 1. The minimum Gasteiger partial charge on any atom is -0.383 e. The Morgan fingerprint density at radius 1 is 1.00 bits per heavy atom. The summed E-state index contributed by atoms with van der Waals surface area (Å²) in [6, 6.07) is 0. The number of hydrogen-bond acceptors (Lipinski definition) is 9. The Hall–Kier alpha value is -1.71. The van der Waals surface area contributed by atoms with Gasteiger partial charge in [0.25, 0.3) is 0 Å². The summed E-state index contributed by atoms with van der Waals surface area (Å²) in [5, 5.41) is 6.34. The first-order valence-electron chi connectivity index (χ1n) is 8.43. The summed E-state index contributed by atoms with van der Waals surface area (Å²) in [5.41, 5.74) is 5.77. The van der Waals surface area contributed by atoms with Crippen molar-refractivity contribution in [2.24, 2.45) is 11.7 Å². The Balaban J connectivity index is 2.06. The fraction of sp³-hybridized carbons (Fsp3) is 0.800. The first-order chi connectivity index (χ1) is 11.8. The van der Waals surface area contributed by atoms with E-state index in [9.17, 15) is 0 Å². The van der Waals surface area contributed by atoms with Gasteiger partial charge in [-0.1, -0.05) is 0 Å². The molecular weight excluding hydrogens is 310 g/mol. The minimum absolute atomic E-state index is 0.554. The van der Waals surface area contributed by atoms with E-state index in [1.807, 2.05) is 0 Å². The maximum Gasteiger partial charge on any atom is 0.231 e. The number of methoxy groups -OCH3 is 2. The Morgan fingerprint density at radius 3 is 2.00 bits per heavy atom. The Kier molecular flexibility index (Phi) is 7.93. The van der Waals surface area contributed by atoms with Crippen molar-refractivity contribution < 1.29 is 9.47 Å². The summed E-state index contributed by atoms with van der Waals surface area (Å²) in [6.07, 6.45) is 2.14. The molecule has 1 aliphatic rings. The highest BCUT2D eigenvalue weighted by Gasteiger charge is 2.21. The Bertz CT molecular complexity index is 453. The predicted molar refractivity (Wildman–Crippen MR) is 94.5 cm³/mol. The number of nitrogens with zero attached hydrogens (tertiary/aromatic N) is 4. The average Bonchev–Trinajstić information content (AvgIpc) is 2.62. The lowest BCUT2D eigenvalue weighted by atomic mass is 9.97. The van der Waals surface area contributed by atoms with Crippen molar-refractivity contribution in [1.82, 2.24) is 15.0 Å². The van der Waals surface area contributed by atoms with Crippen molar-refractivity contribution in [2.45, 2.75) is 12.8 Å². The quantitative estimate of drug-likeness (QED) is 0.513. The topological polar surface area (TPSA) is 110 Å². The lowest BCUT2D eigenvalue weighted by molar-refractivity contribution is 0.210. The van der Waals surface area contributed by atoms with Gasteiger partial charge < -0.3 is 30.7 Å². The molecule has 1 aromatic heterocycles. The molecule has 2 heterocycles. The second kappa shape index (κ2) is 10.2. The van der Waals surface area contributed by atoms with Crippen LogP contribution >= 0.6 is 0 Å². The van der Waals surface area contributed by atoms with Crippen molar-refractivity contribution in [3.8, 4) is 0 Å². The number of ether oxygens (including phenoxy) is 2. The second-order valence-corrected chi connectivity index (χ2v) is 5.79. The van der Waals surface area contributed by atoms with Crippen LogP contribution in [0, 0.1) is 5.92 Å². The number of nitrogens with one attached hydrogen (secondary N) is 2. The van der Waals surface area contributed by atoms with Crippen LogP contribution in [0.15, 0.2) is 0 Å². The normalized spacial score (nSPS) is 15.5. The van der Waals surface area contributed by atoms with E-state index in [4.69, 9.17) is 15.2 Å². The van der Waals surface area contributed by atoms with Gasteiger partial charge in [0.05, 0.1) is 13.2 Å². The highest BCUT2D eigenvalue weighted by molar-refractivity contribution is 5.44. The van der Waals surface area contributed by atoms with Crippen LogP contribution < -0.4 is 21.3 Å². The van der Waals surface area contributed by atoms with Crippen molar-refractivity contribution in [2.75, 3.05) is 75.7 Å².